The molecule has 0 bridgehead atoms. The van der Waals surface area contributed by atoms with Crippen LogP contribution in [0, 0.1) is 23.7 Å². The minimum absolute atomic E-state index is 0.159. The number of carbonyl (C=O) groups is 1. The number of terminal acetylenes is 1. The van der Waals surface area contributed by atoms with E-state index in [4.69, 9.17) is 16.8 Å². The maximum absolute atomic E-state index is 11.9. The first-order chi connectivity index (χ1) is 8.90. The molecule has 0 heterocycles. The molecule has 0 aromatic heterocycles. The molecule has 0 fully saturated rings. The van der Waals surface area contributed by atoms with Crippen LogP contribution in [0.2, 0.25) is 0 Å². The zero-order valence-corrected chi connectivity index (χ0v) is 10.5. The van der Waals surface area contributed by atoms with Crippen LogP contribution in [0.15, 0.2) is 29.2 Å². The number of aliphatic carboxylic acids is 1. The van der Waals surface area contributed by atoms with Gasteiger partial charge in [-0.2, -0.15) is 9.98 Å². The molecule has 0 saturated carbocycles. The first-order valence-corrected chi connectivity index (χ1v) is 6.58. The average Bonchev–Trinajstić information content (AvgIpc) is 2.38. The summed E-state index contributed by atoms with van der Waals surface area (Å²) in [6, 6.07) is 5.64. The van der Waals surface area contributed by atoms with Crippen molar-refractivity contribution in [3.8, 4) is 18.4 Å². The van der Waals surface area contributed by atoms with Crippen LogP contribution in [-0.2, 0) is 14.8 Å². The SMILES string of the molecule is C#CCC(NS(=O)(=O)c1cccc(C#N)c1)C(=O)O. The Bertz CT molecular complexity index is 668. The van der Waals surface area contributed by atoms with E-state index in [9.17, 15) is 13.2 Å². The first kappa shape index (κ1) is 14.7. The van der Waals surface area contributed by atoms with Crippen molar-refractivity contribution in [2.45, 2.75) is 17.4 Å². The van der Waals surface area contributed by atoms with E-state index in [-0.39, 0.29) is 16.9 Å². The quantitative estimate of drug-likeness (QED) is 0.754. The second-order valence-electron chi connectivity index (χ2n) is 3.56. The van der Waals surface area contributed by atoms with Gasteiger partial charge in [0.05, 0.1) is 16.5 Å². The number of hydrogen-bond donors (Lipinski definition) is 2. The standard InChI is InChI=1S/C12H10N2O4S/c1-2-4-11(12(15)16)14-19(17,18)10-6-3-5-9(7-10)8-13/h1,3,5-7,11,14H,4H2,(H,15,16). The van der Waals surface area contributed by atoms with E-state index < -0.39 is 22.0 Å². The van der Waals surface area contributed by atoms with Gasteiger partial charge in [-0.05, 0) is 18.2 Å². The molecule has 6 nitrogen and oxygen atoms in total. The van der Waals surface area contributed by atoms with Crippen LogP contribution in [0.25, 0.3) is 0 Å². The fourth-order valence-corrected chi connectivity index (χ4v) is 2.52. The lowest BCUT2D eigenvalue weighted by Crippen LogP contribution is -2.40. The summed E-state index contributed by atoms with van der Waals surface area (Å²) in [7, 11) is -4.04. The van der Waals surface area contributed by atoms with Gasteiger partial charge < -0.3 is 5.11 Å². The Labute approximate surface area is 110 Å². The summed E-state index contributed by atoms with van der Waals surface area (Å²) in [6.45, 7) is 0. The fraction of sp³-hybridized carbons (Fsp3) is 0.167. The summed E-state index contributed by atoms with van der Waals surface area (Å²) >= 11 is 0. The Morgan fingerprint density at radius 3 is 2.74 bits per heavy atom. The van der Waals surface area contributed by atoms with Gasteiger partial charge in [0.25, 0.3) is 0 Å². The third-order valence-corrected chi connectivity index (χ3v) is 3.66. The van der Waals surface area contributed by atoms with Gasteiger partial charge in [-0.25, -0.2) is 8.42 Å². The number of nitriles is 1. The molecule has 0 radical (unpaired) electrons. The molecule has 0 aliphatic rings. The zero-order valence-electron chi connectivity index (χ0n) is 9.70. The Kier molecular flexibility index (Phi) is 4.65. The van der Waals surface area contributed by atoms with Gasteiger partial charge in [-0.1, -0.05) is 6.07 Å². The lowest BCUT2D eigenvalue weighted by atomic mass is 10.2. The number of carboxylic acids is 1. The van der Waals surface area contributed by atoms with E-state index in [1.165, 1.54) is 18.2 Å². The smallest absolute Gasteiger partial charge is 0.322 e. The van der Waals surface area contributed by atoms with E-state index in [1.807, 2.05) is 4.72 Å². The second-order valence-corrected chi connectivity index (χ2v) is 5.27. The summed E-state index contributed by atoms with van der Waals surface area (Å²) in [5, 5.41) is 17.5. The van der Waals surface area contributed by atoms with Crippen molar-refractivity contribution < 1.29 is 18.3 Å². The molecule has 0 aliphatic carbocycles. The van der Waals surface area contributed by atoms with Crippen LogP contribution in [-0.4, -0.2) is 25.5 Å². The molecule has 0 aliphatic heterocycles. The minimum atomic E-state index is -4.04. The monoisotopic (exact) mass is 278 g/mol. The fourth-order valence-electron chi connectivity index (χ4n) is 1.29. The van der Waals surface area contributed by atoms with Gasteiger partial charge >= 0.3 is 5.97 Å². The number of carboxylic acid groups (broad SMARTS) is 1. The van der Waals surface area contributed by atoms with E-state index in [0.29, 0.717) is 0 Å². The number of sulfonamides is 1. The van der Waals surface area contributed by atoms with Gasteiger partial charge in [-0.3, -0.25) is 4.79 Å². The van der Waals surface area contributed by atoms with E-state index in [0.717, 1.165) is 6.07 Å². The Morgan fingerprint density at radius 2 is 2.21 bits per heavy atom. The lowest BCUT2D eigenvalue weighted by molar-refractivity contribution is -0.138. The number of nitrogens with zero attached hydrogens (tertiary/aromatic N) is 1. The maximum atomic E-state index is 11.9. The number of nitrogens with one attached hydrogen (secondary N) is 1. The number of rotatable bonds is 5. The second kappa shape index (κ2) is 6.01. The van der Waals surface area contributed by atoms with Crippen LogP contribution in [0.1, 0.15) is 12.0 Å². The van der Waals surface area contributed by atoms with Gasteiger partial charge in [0, 0.05) is 6.42 Å². The van der Waals surface area contributed by atoms with Gasteiger partial charge in [-0.15, -0.1) is 12.3 Å². The van der Waals surface area contributed by atoms with Crippen LogP contribution in [0.5, 0.6) is 0 Å². The molecule has 2 N–H and O–H groups in total. The van der Waals surface area contributed by atoms with Crippen molar-refractivity contribution in [1.29, 1.82) is 5.26 Å². The molecular weight excluding hydrogens is 268 g/mol. The molecule has 19 heavy (non-hydrogen) atoms. The van der Waals surface area contributed by atoms with Crippen molar-refractivity contribution in [1.82, 2.24) is 4.72 Å². The zero-order chi connectivity index (χ0) is 14.5. The predicted molar refractivity (Wildman–Crippen MR) is 66.4 cm³/mol. The Morgan fingerprint density at radius 1 is 1.53 bits per heavy atom. The summed E-state index contributed by atoms with van der Waals surface area (Å²) in [4.78, 5) is 10.7. The third kappa shape index (κ3) is 3.81. The van der Waals surface area contributed by atoms with Crippen LogP contribution in [0.3, 0.4) is 0 Å². The summed E-state index contributed by atoms with van der Waals surface area (Å²) in [5.41, 5.74) is 0.159. The summed E-state index contributed by atoms with van der Waals surface area (Å²) in [5.74, 6) is 0.723. The molecule has 1 aromatic carbocycles. The molecule has 1 atom stereocenters. The molecule has 1 aromatic rings. The largest absolute Gasteiger partial charge is 0.480 e. The highest BCUT2D eigenvalue weighted by Crippen LogP contribution is 2.12. The van der Waals surface area contributed by atoms with Crippen molar-refractivity contribution in [3.63, 3.8) is 0 Å². The molecule has 1 rings (SSSR count). The molecule has 98 valence electrons. The van der Waals surface area contributed by atoms with Crippen LogP contribution in [0.4, 0.5) is 0 Å². The van der Waals surface area contributed by atoms with Gasteiger partial charge in [0.1, 0.15) is 6.04 Å². The van der Waals surface area contributed by atoms with Gasteiger partial charge in [0.15, 0.2) is 0 Å². The van der Waals surface area contributed by atoms with E-state index in [1.54, 1.807) is 6.07 Å². The summed E-state index contributed by atoms with van der Waals surface area (Å²) in [6.07, 6.45) is 4.71. The first-order valence-electron chi connectivity index (χ1n) is 5.09. The van der Waals surface area contributed by atoms with Crippen molar-refractivity contribution in [2.24, 2.45) is 0 Å². The maximum Gasteiger partial charge on any atom is 0.322 e. The molecular formula is C12H10N2O4S. The molecule has 0 saturated heterocycles. The Balaban J connectivity index is 3.07. The Hall–Kier alpha value is -2.35. The van der Waals surface area contributed by atoms with Crippen LogP contribution < -0.4 is 4.72 Å². The highest BCUT2D eigenvalue weighted by Gasteiger charge is 2.24. The van der Waals surface area contributed by atoms with Crippen LogP contribution >= 0.6 is 0 Å². The third-order valence-electron chi connectivity index (χ3n) is 2.19. The average molecular weight is 278 g/mol. The molecule has 7 heteroatoms. The van der Waals surface area contributed by atoms with Crippen molar-refractivity contribution >= 4 is 16.0 Å². The van der Waals surface area contributed by atoms with Crippen molar-refractivity contribution in [3.05, 3.63) is 29.8 Å². The highest BCUT2D eigenvalue weighted by atomic mass is 32.2. The van der Waals surface area contributed by atoms with E-state index in [2.05, 4.69) is 5.92 Å². The topological polar surface area (TPSA) is 107 Å². The number of benzene rings is 1. The predicted octanol–water partition coefficient (Wildman–Crippen LogP) is 0.313. The normalized spacial score (nSPS) is 12.1. The van der Waals surface area contributed by atoms with Gasteiger partial charge in [0.2, 0.25) is 10.0 Å². The lowest BCUT2D eigenvalue weighted by Gasteiger charge is -2.12. The molecule has 0 spiro atoms. The highest BCUT2D eigenvalue weighted by molar-refractivity contribution is 7.89. The molecule has 0 amide bonds. The van der Waals surface area contributed by atoms with Crippen molar-refractivity contribution in [2.75, 3.05) is 0 Å². The molecule has 1 unspecified atom stereocenters. The minimum Gasteiger partial charge on any atom is -0.480 e. The number of hydrogen-bond acceptors (Lipinski definition) is 4. The van der Waals surface area contributed by atoms with E-state index >= 15 is 0 Å². The summed E-state index contributed by atoms with van der Waals surface area (Å²) < 4.78 is 25.9.